The van der Waals surface area contributed by atoms with Crippen molar-refractivity contribution in [1.82, 2.24) is 15.0 Å². The number of hydrogen-bond donors (Lipinski definition) is 0. The molecule has 0 radical (unpaired) electrons. The predicted molar refractivity (Wildman–Crippen MR) is 80.2 cm³/mol. The van der Waals surface area contributed by atoms with Crippen molar-refractivity contribution < 1.29 is 4.74 Å². The molecule has 0 N–H and O–H groups in total. The largest absolute Gasteiger partial charge is 0.381 e. The molecular formula is C14H20BrN3O. The van der Waals surface area contributed by atoms with E-state index in [1.54, 1.807) is 0 Å². The monoisotopic (exact) mass is 325 g/mol. The molecule has 2 aromatic rings. The highest BCUT2D eigenvalue weighted by Crippen LogP contribution is 2.25. The molecule has 1 aromatic carbocycles. The minimum Gasteiger partial charge on any atom is -0.381 e. The zero-order valence-electron chi connectivity index (χ0n) is 11.9. The average Bonchev–Trinajstić information content (AvgIpc) is 2.70. The van der Waals surface area contributed by atoms with Crippen molar-refractivity contribution in [3.8, 4) is 0 Å². The Kier molecular flexibility index (Phi) is 4.26. The number of halogens is 1. The molecule has 4 nitrogen and oxygen atoms in total. The van der Waals surface area contributed by atoms with E-state index in [1.807, 2.05) is 11.6 Å². The second kappa shape index (κ2) is 5.59. The van der Waals surface area contributed by atoms with E-state index in [1.165, 1.54) is 5.56 Å². The number of nitrogens with zero attached hydrogens (tertiary/aromatic N) is 3. The van der Waals surface area contributed by atoms with Crippen LogP contribution in [0.3, 0.4) is 0 Å². The molecule has 0 aliphatic carbocycles. The maximum Gasteiger partial charge on any atom is 0.113 e. The number of rotatable bonds is 5. The van der Waals surface area contributed by atoms with Crippen LogP contribution in [-0.4, -0.2) is 28.2 Å². The summed E-state index contributed by atoms with van der Waals surface area (Å²) in [4.78, 5) is 0. The van der Waals surface area contributed by atoms with Gasteiger partial charge < -0.3 is 4.74 Å². The van der Waals surface area contributed by atoms with Crippen molar-refractivity contribution in [2.45, 2.75) is 34.2 Å². The van der Waals surface area contributed by atoms with E-state index in [0.717, 1.165) is 35.3 Å². The van der Waals surface area contributed by atoms with Crippen molar-refractivity contribution in [3.05, 3.63) is 22.2 Å². The van der Waals surface area contributed by atoms with Crippen LogP contribution in [0.5, 0.6) is 0 Å². The van der Waals surface area contributed by atoms with Crippen molar-refractivity contribution in [2.75, 3.05) is 13.2 Å². The highest BCUT2D eigenvalue weighted by atomic mass is 79.9. The van der Waals surface area contributed by atoms with Gasteiger partial charge in [0.25, 0.3) is 0 Å². The van der Waals surface area contributed by atoms with Crippen LogP contribution in [0.25, 0.3) is 11.0 Å². The molecule has 2 rings (SSSR count). The number of fused-ring (bicyclic) bond motifs is 1. The fourth-order valence-electron chi connectivity index (χ4n) is 2.04. The summed E-state index contributed by atoms with van der Waals surface area (Å²) >= 11 is 3.56. The summed E-state index contributed by atoms with van der Waals surface area (Å²) < 4.78 is 8.58. The van der Waals surface area contributed by atoms with Gasteiger partial charge in [-0.1, -0.05) is 35.0 Å². The molecule has 0 atom stereocenters. The third kappa shape index (κ3) is 3.34. The van der Waals surface area contributed by atoms with Crippen LogP contribution in [0.1, 0.15) is 26.3 Å². The fraction of sp³-hybridized carbons (Fsp3) is 0.571. The molecule has 1 aromatic heterocycles. The van der Waals surface area contributed by atoms with Gasteiger partial charge in [0.1, 0.15) is 5.52 Å². The van der Waals surface area contributed by atoms with Crippen LogP contribution in [0.4, 0.5) is 0 Å². The van der Waals surface area contributed by atoms with Crippen LogP contribution in [-0.2, 0) is 11.3 Å². The van der Waals surface area contributed by atoms with Gasteiger partial charge in [0, 0.05) is 16.5 Å². The van der Waals surface area contributed by atoms with Crippen molar-refractivity contribution >= 4 is 27.0 Å². The molecule has 104 valence electrons. The molecule has 0 spiro atoms. The lowest BCUT2D eigenvalue weighted by Gasteiger charge is -2.24. The van der Waals surface area contributed by atoms with E-state index < -0.39 is 0 Å². The smallest absolute Gasteiger partial charge is 0.113 e. The van der Waals surface area contributed by atoms with E-state index in [2.05, 4.69) is 59.1 Å². The first-order chi connectivity index (χ1) is 8.93. The van der Waals surface area contributed by atoms with Gasteiger partial charge in [-0.25, -0.2) is 4.68 Å². The average molecular weight is 326 g/mol. The second-order valence-electron chi connectivity index (χ2n) is 5.64. The topological polar surface area (TPSA) is 39.9 Å². The normalized spacial score (nSPS) is 12.3. The van der Waals surface area contributed by atoms with Crippen molar-refractivity contribution in [2.24, 2.45) is 5.41 Å². The zero-order chi connectivity index (χ0) is 14.0. The van der Waals surface area contributed by atoms with E-state index in [4.69, 9.17) is 4.74 Å². The molecule has 0 saturated carbocycles. The standard InChI is InChI=1S/C14H20BrN3O/c1-5-19-9-14(3,4)8-18-13-7-11(15)10(2)6-12(13)16-17-18/h6-7H,5,8-9H2,1-4H3. The summed E-state index contributed by atoms with van der Waals surface area (Å²) in [5, 5.41) is 8.50. The number of ether oxygens (including phenoxy) is 1. The Morgan fingerprint density at radius 2 is 2.11 bits per heavy atom. The SMILES string of the molecule is CCOCC(C)(C)Cn1nnc2cc(C)c(Br)cc21. The van der Waals surface area contributed by atoms with E-state index in [0.29, 0.717) is 0 Å². The van der Waals surface area contributed by atoms with E-state index in [9.17, 15) is 0 Å². The first-order valence-electron chi connectivity index (χ1n) is 6.50. The summed E-state index contributed by atoms with van der Waals surface area (Å²) in [6.45, 7) is 10.7. The highest BCUT2D eigenvalue weighted by Gasteiger charge is 2.21. The number of aryl methyl sites for hydroxylation is 1. The van der Waals surface area contributed by atoms with Gasteiger partial charge in [0.2, 0.25) is 0 Å². The van der Waals surface area contributed by atoms with Gasteiger partial charge >= 0.3 is 0 Å². The molecule has 0 fully saturated rings. The van der Waals surface area contributed by atoms with Crippen LogP contribution in [0.15, 0.2) is 16.6 Å². The molecule has 0 saturated heterocycles. The number of benzene rings is 1. The molecule has 0 amide bonds. The van der Waals surface area contributed by atoms with Crippen molar-refractivity contribution in [3.63, 3.8) is 0 Å². The molecular weight excluding hydrogens is 306 g/mol. The van der Waals surface area contributed by atoms with Crippen molar-refractivity contribution in [1.29, 1.82) is 0 Å². The van der Waals surface area contributed by atoms with Gasteiger partial charge in [-0.05, 0) is 31.5 Å². The van der Waals surface area contributed by atoms with Gasteiger partial charge in [0.15, 0.2) is 0 Å². The maximum absolute atomic E-state index is 5.53. The van der Waals surface area contributed by atoms with Gasteiger partial charge in [-0.3, -0.25) is 0 Å². The minimum atomic E-state index is 0.0357. The Hall–Kier alpha value is -0.940. The summed E-state index contributed by atoms with van der Waals surface area (Å²) in [6.07, 6.45) is 0. The zero-order valence-corrected chi connectivity index (χ0v) is 13.5. The van der Waals surface area contributed by atoms with Crippen LogP contribution >= 0.6 is 15.9 Å². The number of hydrogen-bond acceptors (Lipinski definition) is 3. The van der Waals surface area contributed by atoms with Gasteiger partial charge in [0.05, 0.1) is 18.7 Å². The van der Waals surface area contributed by atoms with E-state index in [-0.39, 0.29) is 5.41 Å². The molecule has 0 aliphatic rings. The third-order valence-corrected chi connectivity index (χ3v) is 3.92. The van der Waals surface area contributed by atoms with Crippen LogP contribution in [0, 0.1) is 12.3 Å². The Balaban J connectivity index is 2.28. The predicted octanol–water partition coefficient (Wildman–Crippen LogP) is 3.56. The van der Waals surface area contributed by atoms with Crippen LogP contribution < -0.4 is 0 Å². The maximum atomic E-state index is 5.53. The summed E-state index contributed by atoms with van der Waals surface area (Å²) in [6, 6.07) is 4.14. The molecule has 0 unspecified atom stereocenters. The van der Waals surface area contributed by atoms with Crippen LogP contribution in [0.2, 0.25) is 0 Å². The Bertz CT molecular complexity index is 577. The first kappa shape index (κ1) is 14.5. The summed E-state index contributed by atoms with van der Waals surface area (Å²) in [5.74, 6) is 0. The highest BCUT2D eigenvalue weighted by molar-refractivity contribution is 9.10. The number of aromatic nitrogens is 3. The Labute approximate surface area is 122 Å². The van der Waals surface area contributed by atoms with Gasteiger partial charge in [-0.15, -0.1) is 5.10 Å². The fourth-order valence-corrected chi connectivity index (χ4v) is 2.37. The molecule has 19 heavy (non-hydrogen) atoms. The third-order valence-electron chi connectivity index (χ3n) is 3.07. The molecule has 5 heteroatoms. The molecule has 0 aliphatic heterocycles. The Morgan fingerprint density at radius 1 is 1.37 bits per heavy atom. The second-order valence-corrected chi connectivity index (χ2v) is 6.49. The molecule has 1 heterocycles. The first-order valence-corrected chi connectivity index (χ1v) is 7.29. The lowest BCUT2D eigenvalue weighted by atomic mass is 9.95. The van der Waals surface area contributed by atoms with Gasteiger partial charge in [-0.2, -0.15) is 0 Å². The lowest BCUT2D eigenvalue weighted by Crippen LogP contribution is -2.26. The quantitative estimate of drug-likeness (QED) is 0.843. The summed E-state index contributed by atoms with van der Waals surface area (Å²) in [7, 11) is 0. The molecule has 0 bridgehead atoms. The summed E-state index contributed by atoms with van der Waals surface area (Å²) in [5.41, 5.74) is 3.21. The van der Waals surface area contributed by atoms with E-state index >= 15 is 0 Å². The minimum absolute atomic E-state index is 0.0357. The Morgan fingerprint density at radius 3 is 2.79 bits per heavy atom. The lowest BCUT2D eigenvalue weighted by molar-refractivity contribution is 0.0594.